The van der Waals surface area contributed by atoms with Crippen LogP contribution in [0.3, 0.4) is 0 Å². The smallest absolute Gasteiger partial charge is 0.403 e. The van der Waals surface area contributed by atoms with Crippen molar-refractivity contribution in [2.75, 3.05) is 0 Å². The number of hydrogen-bond donors (Lipinski definition) is 0. The number of hydrogen-bond acceptors (Lipinski definition) is 2. The molecule has 1 aliphatic heterocycles. The minimum atomic E-state index is -0.253. The van der Waals surface area contributed by atoms with Crippen molar-refractivity contribution in [1.82, 2.24) is 0 Å². The molecule has 0 saturated carbocycles. The molecule has 0 amide bonds. The molecule has 0 aliphatic carbocycles. The van der Waals surface area contributed by atoms with Gasteiger partial charge in [-0.3, -0.25) is 0 Å². The maximum atomic E-state index is 6.09. The second kappa shape index (κ2) is 4.39. The highest BCUT2D eigenvalue weighted by Crippen LogP contribution is 2.40. The zero-order chi connectivity index (χ0) is 13.6. The third kappa shape index (κ3) is 2.34. The van der Waals surface area contributed by atoms with Crippen LogP contribution in [0, 0.1) is 6.92 Å². The first kappa shape index (κ1) is 13.6. The number of rotatable bonds is 2. The molecule has 18 heavy (non-hydrogen) atoms. The lowest BCUT2D eigenvalue weighted by Gasteiger charge is -2.32. The molecule has 0 unspecified atom stereocenters. The van der Waals surface area contributed by atoms with E-state index in [0.717, 1.165) is 0 Å². The lowest BCUT2D eigenvalue weighted by Crippen LogP contribution is -2.41. The Bertz CT molecular complexity index is 407. The summed E-state index contributed by atoms with van der Waals surface area (Å²) in [7, 11) is -0.169. The predicted octanol–water partition coefficient (Wildman–Crippen LogP) is 3.73. The van der Waals surface area contributed by atoms with Crippen LogP contribution >= 0.6 is 0 Å². The molecule has 0 bridgehead atoms. The summed E-state index contributed by atoms with van der Waals surface area (Å²) in [6.07, 6.45) is 0. The fraction of sp³-hybridized carbons (Fsp3) is 0.600. The topological polar surface area (TPSA) is 18.5 Å². The van der Waals surface area contributed by atoms with Gasteiger partial charge in [-0.2, -0.15) is 0 Å². The minimum Gasteiger partial charge on any atom is -0.403 e. The largest absolute Gasteiger partial charge is 0.465 e. The number of benzene rings is 1. The highest BCUT2D eigenvalue weighted by molar-refractivity contribution is 6.47. The normalized spacial score (nSPS) is 23.1. The molecule has 1 atom stereocenters. The van der Waals surface area contributed by atoms with Gasteiger partial charge in [0.05, 0.1) is 11.2 Å². The van der Waals surface area contributed by atoms with E-state index in [1.165, 1.54) is 11.1 Å². The molecule has 2 rings (SSSR count). The highest BCUT2D eigenvalue weighted by atomic mass is 16.7. The molecule has 1 fully saturated rings. The Kier molecular flexibility index (Phi) is 3.33. The summed E-state index contributed by atoms with van der Waals surface area (Å²) in [5, 5.41) is 0. The summed E-state index contributed by atoms with van der Waals surface area (Å²) < 4.78 is 12.2. The lowest BCUT2D eigenvalue weighted by molar-refractivity contribution is 0.00578. The van der Waals surface area contributed by atoms with Gasteiger partial charge in [-0.25, -0.2) is 0 Å². The van der Waals surface area contributed by atoms with Gasteiger partial charge in [-0.1, -0.05) is 36.8 Å². The third-order valence-corrected chi connectivity index (χ3v) is 4.28. The average molecular weight is 246 g/mol. The zero-order valence-electron chi connectivity index (χ0n) is 12.3. The van der Waals surface area contributed by atoms with E-state index in [-0.39, 0.29) is 24.1 Å². The van der Waals surface area contributed by atoms with Crippen LogP contribution < -0.4 is 0 Å². The molecule has 0 aromatic heterocycles. The molecule has 0 spiro atoms. The highest BCUT2D eigenvalue weighted by Gasteiger charge is 2.52. The van der Waals surface area contributed by atoms with Crippen LogP contribution in [-0.2, 0) is 9.31 Å². The molecule has 1 heterocycles. The Morgan fingerprint density at radius 2 is 1.39 bits per heavy atom. The van der Waals surface area contributed by atoms with Crippen molar-refractivity contribution < 1.29 is 9.31 Å². The van der Waals surface area contributed by atoms with Crippen LogP contribution in [0.5, 0.6) is 0 Å². The maximum Gasteiger partial charge on any atom is 0.465 e. The second-order valence-corrected chi connectivity index (χ2v) is 6.32. The molecule has 1 saturated heterocycles. The van der Waals surface area contributed by atoms with E-state index in [0.29, 0.717) is 0 Å². The molecular formula is C15H23BO2. The van der Waals surface area contributed by atoms with E-state index >= 15 is 0 Å². The first-order valence-electron chi connectivity index (χ1n) is 6.65. The van der Waals surface area contributed by atoms with Crippen LogP contribution in [0.4, 0.5) is 0 Å². The van der Waals surface area contributed by atoms with Crippen molar-refractivity contribution in [3.63, 3.8) is 0 Å². The molecular weight excluding hydrogens is 223 g/mol. The maximum absolute atomic E-state index is 6.09. The summed E-state index contributed by atoms with van der Waals surface area (Å²) in [5.74, 6) is 0.242. The molecule has 1 aromatic rings. The fourth-order valence-electron chi connectivity index (χ4n) is 2.12. The van der Waals surface area contributed by atoms with Gasteiger partial charge in [0.25, 0.3) is 0 Å². The predicted molar refractivity (Wildman–Crippen MR) is 75.7 cm³/mol. The molecule has 1 aromatic carbocycles. The van der Waals surface area contributed by atoms with Gasteiger partial charge in [0.1, 0.15) is 0 Å². The third-order valence-electron chi connectivity index (χ3n) is 4.28. The Morgan fingerprint density at radius 3 is 1.83 bits per heavy atom. The number of aryl methyl sites for hydroxylation is 1. The summed E-state index contributed by atoms with van der Waals surface area (Å²) in [6, 6.07) is 8.59. The van der Waals surface area contributed by atoms with Gasteiger partial charge >= 0.3 is 7.12 Å². The van der Waals surface area contributed by atoms with Crippen molar-refractivity contribution >= 4 is 7.12 Å². The second-order valence-electron chi connectivity index (χ2n) is 6.32. The standard InChI is InChI=1S/C15H23BO2/c1-11-7-9-13(10-8-11)12(2)16-17-14(3,4)15(5,6)18-16/h7-10,12H,1-6H3/t12-/m0/s1. The van der Waals surface area contributed by atoms with Crippen molar-refractivity contribution in [3.05, 3.63) is 35.4 Å². The van der Waals surface area contributed by atoms with Crippen molar-refractivity contribution in [1.29, 1.82) is 0 Å². The van der Waals surface area contributed by atoms with Gasteiger partial charge in [0, 0.05) is 5.82 Å². The summed E-state index contributed by atoms with van der Waals surface area (Å²) >= 11 is 0. The first-order valence-corrected chi connectivity index (χ1v) is 6.65. The van der Waals surface area contributed by atoms with Crippen molar-refractivity contribution in [3.8, 4) is 0 Å². The Labute approximate surface area is 111 Å². The van der Waals surface area contributed by atoms with Gasteiger partial charge in [-0.05, 0) is 40.2 Å². The molecule has 1 aliphatic rings. The van der Waals surface area contributed by atoms with E-state index in [2.05, 4.69) is 65.8 Å². The molecule has 98 valence electrons. The van der Waals surface area contributed by atoms with E-state index in [1.807, 2.05) is 0 Å². The SMILES string of the molecule is Cc1ccc([C@H](C)B2OC(C)(C)C(C)(C)O2)cc1. The van der Waals surface area contributed by atoms with Crippen LogP contribution in [0.15, 0.2) is 24.3 Å². The van der Waals surface area contributed by atoms with Gasteiger partial charge < -0.3 is 9.31 Å². The lowest BCUT2D eigenvalue weighted by atomic mass is 9.69. The van der Waals surface area contributed by atoms with E-state index in [9.17, 15) is 0 Å². The monoisotopic (exact) mass is 246 g/mol. The molecule has 2 nitrogen and oxygen atoms in total. The molecule has 3 heteroatoms. The summed E-state index contributed by atoms with van der Waals surface area (Å²) in [6.45, 7) is 12.6. The van der Waals surface area contributed by atoms with Gasteiger partial charge in [-0.15, -0.1) is 0 Å². The summed E-state index contributed by atoms with van der Waals surface area (Å²) in [5.41, 5.74) is 2.03. The van der Waals surface area contributed by atoms with Crippen LogP contribution in [-0.4, -0.2) is 18.3 Å². The minimum absolute atomic E-state index is 0.169. The molecule has 0 radical (unpaired) electrons. The quantitative estimate of drug-likeness (QED) is 0.740. The van der Waals surface area contributed by atoms with E-state index in [1.54, 1.807) is 0 Å². The Morgan fingerprint density at radius 1 is 0.944 bits per heavy atom. The van der Waals surface area contributed by atoms with Gasteiger partial charge in [0.2, 0.25) is 0 Å². The Hall–Kier alpha value is -0.795. The van der Waals surface area contributed by atoms with Crippen LogP contribution in [0.2, 0.25) is 0 Å². The van der Waals surface area contributed by atoms with E-state index < -0.39 is 0 Å². The summed E-state index contributed by atoms with van der Waals surface area (Å²) in [4.78, 5) is 0. The average Bonchev–Trinajstić information content (AvgIpc) is 2.48. The van der Waals surface area contributed by atoms with Crippen LogP contribution in [0.1, 0.15) is 51.6 Å². The fourth-order valence-corrected chi connectivity index (χ4v) is 2.12. The Balaban J connectivity index is 2.17. The first-order chi connectivity index (χ1) is 8.23. The van der Waals surface area contributed by atoms with E-state index in [4.69, 9.17) is 9.31 Å². The molecule has 0 N–H and O–H groups in total. The van der Waals surface area contributed by atoms with Crippen molar-refractivity contribution in [2.45, 2.75) is 58.6 Å². The zero-order valence-corrected chi connectivity index (χ0v) is 12.3. The van der Waals surface area contributed by atoms with Gasteiger partial charge in [0.15, 0.2) is 0 Å². The van der Waals surface area contributed by atoms with Crippen molar-refractivity contribution in [2.24, 2.45) is 0 Å². The van der Waals surface area contributed by atoms with Crippen LogP contribution in [0.25, 0.3) is 0 Å².